The highest BCUT2D eigenvalue weighted by molar-refractivity contribution is 7.91. The number of anilines is 1. The zero-order chi connectivity index (χ0) is 20.3. The Morgan fingerprint density at radius 3 is 2.57 bits per heavy atom. The summed E-state index contributed by atoms with van der Waals surface area (Å²) in [5.74, 6) is -3.07. The zero-order valence-corrected chi connectivity index (χ0v) is 16.0. The van der Waals surface area contributed by atoms with Crippen LogP contribution in [0.3, 0.4) is 0 Å². The van der Waals surface area contributed by atoms with E-state index >= 15 is 0 Å². The second-order valence-corrected chi connectivity index (χ2v) is 9.11. The lowest BCUT2D eigenvalue weighted by Crippen LogP contribution is -2.41. The molecule has 28 heavy (non-hydrogen) atoms. The third kappa shape index (κ3) is 4.76. The number of benzene rings is 1. The van der Waals surface area contributed by atoms with Crippen LogP contribution in [0.2, 0.25) is 0 Å². The lowest BCUT2D eigenvalue weighted by atomic mass is 10.0. The Morgan fingerprint density at radius 1 is 1.29 bits per heavy atom. The Hall–Kier alpha value is -1.85. The summed E-state index contributed by atoms with van der Waals surface area (Å²) in [6.45, 7) is 4.27. The van der Waals surface area contributed by atoms with Gasteiger partial charge in [-0.2, -0.15) is 8.78 Å². The van der Waals surface area contributed by atoms with Gasteiger partial charge in [-0.3, -0.25) is 10.1 Å². The monoisotopic (exact) mass is 419 g/mol. The summed E-state index contributed by atoms with van der Waals surface area (Å²) < 4.78 is 53.9. The van der Waals surface area contributed by atoms with Gasteiger partial charge in [-0.25, -0.2) is 8.42 Å². The van der Waals surface area contributed by atoms with Crippen LogP contribution in [0, 0.1) is 16.0 Å². The number of sulfone groups is 1. The molecule has 2 fully saturated rings. The Bertz CT molecular complexity index is 807. The highest BCUT2D eigenvalue weighted by Crippen LogP contribution is 2.31. The number of nitro groups is 1. The van der Waals surface area contributed by atoms with E-state index in [0.717, 1.165) is 58.2 Å². The first-order valence-corrected chi connectivity index (χ1v) is 10.7. The summed E-state index contributed by atoms with van der Waals surface area (Å²) in [5.41, 5.74) is -0.381. The molecule has 1 atom stereocenters. The average molecular weight is 419 g/mol. The van der Waals surface area contributed by atoms with Gasteiger partial charge < -0.3 is 15.0 Å². The van der Waals surface area contributed by atoms with Gasteiger partial charge in [-0.15, -0.1) is 0 Å². The maximum atomic E-state index is 12.7. The number of alkyl halides is 2. The van der Waals surface area contributed by atoms with E-state index in [9.17, 15) is 27.3 Å². The molecule has 0 aliphatic carbocycles. The molecule has 0 saturated carbocycles. The first-order valence-electron chi connectivity index (χ1n) is 9.14. The predicted molar refractivity (Wildman–Crippen MR) is 98.3 cm³/mol. The second-order valence-electron chi connectivity index (χ2n) is 7.19. The SMILES string of the molecule is O=[N+]([O-])c1cc(S(=O)(=O)C(F)F)ccc1NC1CCN(CC2CCOC2)CC1. The van der Waals surface area contributed by atoms with Crippen LogP contribution in [0.5, 0.6) is 0 Å². The highest BCUT2D eigenvalue weighted by Gasteiger charge is 2.30. The summed E-state index contributed by atoms with van der Waals surface area (Å²) in [4.78, 5) is 12.2. The van der Waals surface area contributed by atoms with Gasteiger partial charge in [0.15, 0.2) is 0 Å². The molecule has 1 unspecified atom stereocenters. The number of rotatable bonds is 7. The molecule has 1 aromatic rings. The molecular weight excluding hydrogens is 396 g/mol. The van der Waals surface area contributed by atoms with Crippen molar-refractivity contribution in [2.24, 2.45) is 5.92 Å². The number of hydrogen-bond donors (Lipinski definition) is 1. The Morgan fingerprint density at radius 2 is 2.00 bits per heavy atom. The molecule has 2 aliphatic heterocycles. The van der Waals surface area contributed by atoms with Crippen LogP contribution in [0.25, 0.3) is 0 Å². The predicted octanol–water partition coefficient (Wildman–Crippen LogP) is 2.50. The van der Waals surface area contributed by atoms with Crippen LogP contribution in [-0.2, 0) is 14.6 Å². The van der Waals surface area contributed by atoms with E-state index < -0.39 is 31.1 Å². The summed E-state index contributed by atoms with van der Waals surface area (Å²) in [6.07, 6.45) is 2.63. The van der Waals surface area contributed by atoms with Gasteiger partial charge >= 0.3 is 5.76 Å². The molecule has 0 spiro atoms. The van der Waals surface area contributed by atoms with Crippen LogP contribution >= 0.6 is 0 Å². The minimum atomic E-state index is -4.88. The summed E-state index contributed by atoms with van der Waals surface area (Å²) in [6, 6.07) is 2.85. The van der Waals surface area contributed by atoms with Crippen LogP contribution in [0.1, 0.15) is 19.3 Å². The highest BCUT2D eigenvalue weighted by atomic mass is 32.2. The smallest absolute Gasteiger partial charge is 0.341 e. The lowest BCUT2D eigenvalue weighted by molar-refractivity contribution is -0.384. The number of likely N-dealkylation sites (tertiary alicyclic amines) is 1. The number of halogens is 2. The van der Waals surface area contributed by atoms with E-state index in [2.05, 4.69) is 10.2 Å². The first-order chi connectivity index (χ1) is 13.3. The fourth-order valence-electron chi connectivity index (χ4n) is 3.64. The molecule has 1 aromatic carbocycles. The molecule has 2 saturated heterocycles. The van der Waals surface area contributed by atoms with Gasteiger partial charge in [-0.05, 0) is 37.3 Å². The van der Waals surface area contributed by atoms with Crippen molar-refractivity contribution in [2.75, 3.05) is 38.2 Å². The molecule has 156 valence electrons. The summed E-state index contributed by atoms with van der Waals surface area (Å²) in [5, 5.41) is 14.4. The number of ether oxygens (including phenoxy) is 1. The normalized spacial score (nSPS) is 21.9. The molecule has 0 radical (unpaired) electrons. The topological polar surface area (TPSA) is 102 Å². The van der Waals surface area contributed by atoms with Crippen molar-refractivity contribution >= 4 is 21.2 Å². The Balaban J connectivity index is 1.65. The van der Waals surface area contributed by atoms with Crippen molar-refractivity contribution in [3.05, 3.63) is 28.3 Å². The summed E-state index contributed by atoms with van der Waals surface area (Å²) in [7, 11) is -4.88. The molecule has 11 heteroatoms. The molecular formula is C17H23F2N3O5S. The lowest BCUT2D eigenvalue weighted by Gasteiger charge is -2.34. The van der Waals surface area contributed by atoms with E-state index in [4.69, 9.17) is 4.74 Å². The zero-order valence-electron chi connectivity index (χ0n) is 15.2. The number of nitro benzene ring substituents is 1. The molecule has 0 amide bonds. The maximum Gasteiger partial charge on any atom is 0.341 e. The molecule has 2 aliphatic rings. The minimum Gasteiger partial charge on any atom is -0.381 e. The van der Waals surface area contributed by atoms with Crippen molar-refractivity contribution < 1.29 is 26.9 Å². The number of piperidine rings is 1. The largest absolute Gasteiger partial charge is 0.381 e. The second kappa shape index (κ2) is 8.66. The van der Waals surface area contributed by atoms with E-state index in [1.807, 2.05) is 0 Å². The first kappa shape index (κ1) is 20.9. The number of nitrogens with zero attached hydrogens (tertiary/aromatic N) is 2. The Kier molecular flexibility index (Phi) is 6.46. The molecule has 0 aromatic heterocycles. The van der Waals surface area contributed by atoms with Crippen molar-refractivity contribution in [2.45, 2.75) is 36.0 Å². The van der Waals surface area contributed by atoms with Crippen molar-refractivity contribution in [3.63, 3.8) is 0 Å². The van der Waals surface area contributed by atoms with Crippen LogP contribution in [0.4, 0.5) is 20.2 Å². The standard InChI is InChI=1S/C17H23F2N3O5S/c18-17(19)28(25,26)14-1-2-15(16(9-14)22(23)24)20-13-3-6-21(7-4-13)10-12-5-8-27-11-12/h1-2,9,12-13,17,20H,3-8,10-11H2. The molecule has 8 nitrogen and oxygen atoms in total. The van der Waals surface area contributed by atoms with E-state index in [-0.39, 0.29) is 11.7 Å². The van der Waals surface area contributed by atoms with Crippen LogP contribution < -0.4 is 5.32 Å². The van der Waals surface area contributed by atoms with Crippen molar-refractivity contribution in [3.8, 4) is 0 Å². The fourth-order valence-corrected chi connectivity index (χ4v) is 4.38. The van der Waals surface area contributed by atoms with E-state index in [0.29, 0.717) is 12.0 Å². The van der Waals surface area contributed by atoms with E-state index in [1.165, 1.54) is 6.07 Å². The van der Waals surface area contributed by atoms with Gasteiger partial charge in [0, 0.05) is 38.3 Å². The molecule has 2 heterocycles. The third-order valence-corrected chi connectivity index (χ3v) is 6.60. The van der Waals surface area contributed by atoms with Gasteiger partial charge in [0.1, 0.15) is 5.69 Å². The van der Waals surface area contributed by atoms with Gasteiger partial charge in [-0.1, -0.05) is 0 Å². The summed E-state index contributed by atoms with van der Waals surface area (Å²) >= 11 is 0. The maximum absolute atomic E-state index is 12.7. The van der Waals surface area contributed by atoms with Crippen molar-refractivity contribution in [1.82, 2.24) is 4.90 Å². The number of nitrogens with one attached hydrogen (secondary N) is 1. The van der Waals surface area contributed by atoms with E-state index in [1.54, 1.807) is 0 Å². The molecule has 1 N–H and O–H groups in total. The Labute approximate surface area is 161 Å². The van der Waals surface area contributed by atoms with Gasteiger partial charge in [0.25, 0.3) is 5.69 Å². The molecule has 0 bridgehead atoms. The molecule has 3 rings (SSSR count). The third-order valence-electron chi connectivity index (χ3n) is 5.22. The van der Waals surface area contributed by atoms with Gasteiger partial charge in [0.2, 0.25) is 9.84 Å². The van der Waals surface area contributed by atoms with Gasteiger partial charge in [0.05, 0.1) is 16.4 Å². The average Bonchev–Trinajstić information content (AvgIpc) is 3.16. The number of hydrogen-bond acceptors (Lipinski definition) is 7. The quantitative estimate of drug-likeness (QED) is 0.535. The van der Waals surface area contributed by atoms with Crippen LogP contribution in [-0.4, -0.2) is 62.9 Å². The fraction of sp³-hybridized carbons (Fsp3) is 0.647. The van der Waals surface area contributed by atoms with Crippen molar-refractivity contribution in [1.29, 1.82) is 0 Å². The van der Waals surface area contributed by atoms with Crippen LogP contribution in [0.15, 0.2) is 23.1 Å². The minimum absolute atomic E-state index is 0.00710.